The Labute approximate surface area is 137 Å². The fourth-order valence-corrected chi connectivity index (χ4v) is 2.20. The van der Waals surface area contributed by atoms with Crippen LogP contribution in [0, 0.1) is 6.92 Å². The predicted molar refractivity (Wildman–Crippen MR) is 80.4 cm³/mol. The van der Waals surface area contributed by atoms with Gasteiger partial charge in [0.1, 0.15) is 11.8 Å². The van der Waals surface area contributed by atoms with Crippen LogP contribution in [0.1, 0.15) is 42.9 Å². The number of carbonyl (C=O) groups is 1. The zero-order chi connectivity index (χ0) is 18.5. The van der Waals surface area contributed by atoms with Crippen LogP contribution in [0.15, 0.2) is 11.2 Å². The van der Waals surface area contributed by atoms with Gasteiger partial charge in [-0.1, -0.05) is 13.3 Å². The summed E-state index contributed by atoms with van der Waals surface area (Å²) in [5.41, 5.74) is -0.435. The largest absolute Gasteiger partial charge is 0.827 e. The van der Waals surface area contributed by atoms with Crippen molar-refractivity contribution in [3.63, 3.8) is 0 Å². The van der Waals surface area contributed by atoms with E-state index in [0.717, 1.165) is 12.4 Å². The van der Waals surface area contributed by atoms with Crippen LogP contribution in [0.4, 0.5) is 0 Å². The van der Waals surface area contributed by atoms with Crippen molar-refractivity contribution in [3.8, 4) is 5.75 Å². The van der Waals surface area contributed by atoms with Gasteiger partial charge in [-0.15, -0.1) is 0 Å². The van der Waals surface area contributed by atoms with Gasteiger partial charge in [0.25, 0.3) is 0 Å². The molecule has 0 bridgehead atoms. The summed E-state index contributed by atoms with van der Waals surface area (Å²) in [6.07, 6.45) is 0.418. The highest BCUT2D eigenvalue weighted by molar-refractivity contribution is 7.46. The summed E-state index contributed by atoms with van der Waals surface area (Å²) >= 11 is 0. The molecule has 1 unspecified atom stereocenters. The molecule has 0 amide bonds. The maximum Gasteiger partial charge on any atom is 0.468 e. The van der Waals surface area contributed by atoms with E-state index in [-0.39, 0.29) is 23.2 Å². The number of aliphatic carboxylic acids is 1. The molecular weight excluding hydrogens is 343 g/mol. The van der Waals surface area contributed by atoms with E-state index in [1.54, 1.807) is 6.92 Å². The van der Waals surface area contributed by atoms with Crippen molar-refractivity contribution in [2.75, 3.05) is 0 Å². The predicted octanol–water partition coefficient (Wildman–Crippen LogP) is 0.236. The Kier molecular flexibility index (Phi) is 7.00. The van der Waals surface area contributed by atoms with Gasteiger partial charge < -0.3 is 25.1 Å². The Bertz CT molecular complexity index is 672. The lowest BCUT2D eigenvalue weighted by Crippen LogP contribution is -2.21. The quantitative estimate of drug-likeness (QED) is 0.287. The number of phosphoric ester groups is 1. The number of aliphatic imine (C=N–C) groups is 1. The average Bonchev–Trinajstić information content (AvgIpc) is 2.45. The SMILES string of the molecule is CCC[C@H](N=Cc1c(C([O-])OP(=O)(O)O)cnc(C)c1O)C(=O)O. The van der Waals surface area contributed by atoms with E-state index < -0.39 is 31.9 Å². The van der Waals surface area contributed by atoms with Gasteiger partial charge in [0.2, 0.25) is 0 Å². The fraction of sp³-hybridized carbons (Fsp3) is 0.462. The molecule has 0 saturated carbocycles. The molecule has 0 spiro atoms. The minimum Gasteiger partial charge on any atom is -0.827 e. The van der Waals surface area contributed by atoms with Crippen LogP contribution in [0.25, 0.3) is 0 Å². The summed E-state index contributed by atoms with van der Waals surface area (Å²) in [6.45, 7) is 3.20. The summed E-state index contributed by atoms with van der Waals surface area (Å²) in [4.78, 5) is 36.1. The maximum atomic E-state index is 11.9. The zero-order valence-electron chi connectivity index (χ0n) is 13.0. The monoisotopic (exact) mass is 361 g/mol. The van der Waals surface area contributed by atoms with Crippen LogP contribution in [0.2, 0.25) is 0 Å². The van der Waals surface area contributed by atoms with Crippen molar-refractivity contribution in [1.82, 2.24) is 4.98 Å². The number of hydrogen-bond acceptors (Lipinski definition) is 7. The van der Waals surface area contributed by atoms with Gasteiger partial charge in [-0.3, -0.25) is 14.5 Å². The van der Waals surface area contributed by atoms with Crippen molar-refractivity contribution in [2.24, 2.45) is 4.99 Å². The first-order valence-electron chi connectivity index (χ1n) is 6.91. The molecular formula is C13H18N2O8P-. The second-order valence-electron chi connectivity index (χ2n) is 4.91. The molecule has 0 aromatic carbocycles. The van der Waals surface area contributed by atoms with Gasteiger partial charge in [0.15, 0.2) is 0 Å². The highest BCUT2D eigenvalue weighted by Crippen LogP contribution is 2.41. The van der Waals surface area contributed by atoms with Crippen molar-refractivity contribution < 1.29 is 39.0 Å². The lowest BCUT2D eigenvalue weighted by atomic mass is 10.1. The summed E-state index contributed by atoms with van der Waals surface area (Å²) in [6, 6.07) is -1.08. The molecule has 1 aromatic rings. The molecule has 0 radical (unpaired) electrons. The van der Waals surface area contributed by atoms with E-state index in [0.29, 0.717) is 6.42 Å². The van der Waals surface area contributed by atoms with Crippen LogP contribution in [-0.2, 0) is 13.9 Å². The second-order valence-corrected chi connectivity index (χ2v) is 6.10. The van der Waals surface area contributed by atoms with Crippen molar-refractivity contribution in [3.05, 3.63) is 23.0 Å². The molecule has 1 aromatic heterocycles. The highest BCUT2D eigenvalue weighted by Gasteiger charge is 2.21. The highest BCUT2D eigenvalue weighted by atomic mass is 31.2. The topological polar surface area (TPSA) is 173 Å². The van der Waals surface area contributed by atoms with Crippen LogP contribution >= 0.6 is 7.82 Å². The van der Waals surface area contributed by atoms with E-state index in [2.05, 4.69) is 14.5 Å². The number of aromatic nitrogens is 1. The number of aromatic hydroxyl groups is 1. The first-order valence-corrected chi connectivity index (χ1v) is 8.44. The van der Waals surface area contributed by atoms with E-state index in [1.165, 1.54) is 6.92 Å². The molecule has 1 rings (SSSR count). The lowest BCUT2D eigenvalue weighted by Gasteiger charge is -2.25. The number of pyridine rings is 1. The summed E-state index contributed by atoms with van der Waals surface area (Å²) < 4.78 is 14.8. The number of hydrogen-bond donors (Lipinski definition) is 4. The van der Waals surface area contributed by atoms with E-state index in [1.807, 2.05) is 0 Å². The fourth-order valence-electron chi connectivity index (χ4n) is 1.83. The van der Waals surface area contributed by atoms with Gasteiger partial charge in [-0.05, 0) is 18.9 Å². The standard InChI is InChI=1S/C13H18N2O8P/c1-3-4-10(12(17)18)15-5-8-9(6-14-7(2)11(8)16)13(19)23-24(20,21)22/h5-6,10,13,16H,3-4H2,1-2H3,(H,17,18)(H2,20,21,22)/q-1/t10-,13?/m0/s1. The summed E-state index contributed by atoms with van der Waals surface area (Å²) in [5.74, 6) is -1.63. The van der Waals surface area contributed by atoms with E-state index in [9.17, 15) is 19.6 Å². The number of carboxylic acids is 1. The molecule has 4 N–H and O–H groups in total. The molecule has 2 atom stereocenters. The normalized spacial score (nSPS) is 14.7. The molecule has 1 heterocycles. The van der Waals surface area contributed by atoms with Crippen LogP contribution in [0.3, 0.4) is 0 Å². The number of carboxylic acid groups (broad SMARTS) is 1. The smallest absolute Gasteiger partial charge is 0.468 e. The van der Waals surface area contributed by atoms with Gasteiger partial charge in [0, 0.05) is 24.3 Å². The minimum absolute atomic E-state index is 0.131. The molecule has 0 aliphatic heterocycles. The van der Waals surface area contributed by atoms with E-state index in [4.69, 9.17) is 14.9 Å². The number of rotatable bonds is 8. The Hall–Kier alpha value is -1.84. The summed E-state index contributed by atoms with van der Waals surface area (Å²) in [5, 5.41) is 31.0. The Balaban J connectivity index is 3.27. The third-order valence-corrected chi connectivity index (χ3v) is 3.49. The van der Waals surface area contributed by atoms with Crippen molar-refractivity contribution in [1.29, 1.82) is 0 Å². The number of nitrogens with zero attached hydrogens (tertiary/aromatic N) is 2. The Morgan fingerprint density at radius 3 is 2.67 bits per heavy atom. The van der Waals surface area contributed by atoms with Crippen molar-refractivity contribution >= 4 is 20.0 Å². The maximum absolute atomic E-state index is 11.9. The average molecular weight is 361 g/mol. The third-order valence-electron chi connectivity index (χ3n) is 3.02. The van der Waals surface area contributed by atoms with Gasteiger partial charge in [-0.25, -0.2) is 9.36 Å². The molecule has 11 heteroatoms. The molecule has 10 nitrogen and oxygen atoms in total. The molecule has 0 aliphatic carbocycles. The second kappa shape index (κ2) is 8.32. The van der Waals surface area contributed by atoms with Crippen LogP contribution in [-0.4, -0.2) is 43.2 Å². The summed E-state index contributed by atoms with van der Waals surface area (Å²) in [7, 11) is -5.06. The van der Waals surface area contributed by atoms with Gasteiger partial charge in [-0.2, -0.15) is 0 Å². The molecule has 0 saturated heterocycles. The van der Waals surface area contributed by atoms with Gasteiger partial charge >= 0.3 is 13.8 Å². The lowest BCUT2D eigenvalue weighted by molar-refractivity contribution is -0.483. The first-order chi connectivity index (χ1) is 11.1. The minimum atomic E-state index is -5.06. The molecule has 0 aliphatic rings. The van der Waals surface area contributed by atoms with Gasteiger partial charge in [0.05, 0.1) is 5.69 Å². The molecule has 134 valence electrons. The Morgan fingerprint density at radius 1 is 1.54 bits per heavy atom. The van der Waals surface area contributed by atoms with E-state index >= 15 is 0 Å². The molecule has 0 fully saturated rings. The van der Waals surface area contributed by atoms with Crippen LogP contribution < -0.4 is 5.11 Å². The number of phosphoric acid groups is 1. The first kappa shape index (κ1) is 20.2. The van der Waals surface area contributed by atoms with Crippen molar-refractivity contribution in [2.45, 2.75) is 39.0 Å². The third kappa shape index (κ3) is 5.66. The Morgan fingerprint density at radius 2 is 2.17 bits per heavy atom. The van der Waals surface area contributed by atoms with Crippen LogP contribution in [0.5, 0.6) is 5.75 Å². The zero-order valence-corrected chi connectivity index (χ0v) is 13.9. The molecule has 24 heavy (non-hydrogen) atoms. The number of aryl methyl sites for hydroxylation is 1.